The van der Waals surface area contributed by atoms with Crippen molar-refractivity contribution in [2.24, 2.45) is 0 Å². The van der Waals surface area contributed by atoms with Gasteiger partial charge in [-0.2, -0.15) is 22.0 Å². The molecule has 2 aromatic carbocycles. The van der Waals surface area contributed by atoms with E-state index in [0.717, 1.165) is 41.6 Å². The number of fused-ring (bicyclic) bond motifs is 1. The number of alkyl halides is 5. The summed E-state index contributed by atoms with van der Waals surface area (Å²) in [6.45, 7) is 1.42. The zero-order chi connectivity index (χ0) is 22.9. The fraction of sp³-hybridized carbons (Fsp3) is 0.318. The summed E-state index contributed by atoms with van der Waals surface area (Å²) in [6, 6.07) is 14.2. The lowest BCUT2D eigenvalue weighted by Crippen LogP contribution is -2.41. The molecule has 1 saturated heterocycles. The van der Waals surface area contributed by atoms with Crippen molar-refractivity contribution in [2.45, 2.75) is 31.2 Å². The molecule has 0 amide bonds. The van der Waals surface area contributed by atoms with Gasteiger partial charge in [0.25, 0.3) is 0 Å². The molecule has 5 nitrogen and oxygen atoms in total. The first-order valence-electron chi connectivity index (χ1n) is 9.99. The van der Waals surface area contributed by atoms with Crippen molar-refractivity contribution in [3.63, 3.8) is 0 Å². The minimum Gasteiger partial charge on any atom is -0.426 e. The Bertz CT molecular complexity index is 1150. The molecule has 1 fully saturated rings. The van der Waals surface area contributed by atoms with E-state index in [2.05, 4.69) is 19.9 Å². The summed E-state index contributed by atoms with van der Waals surface area (Å²) in [4.78, 5) is 16.5. The monoisotopic (exact) mass is 453 g/mol. The van der Waals surface area contributed by atoms with Crippen LogP contribution >= 0.6 is 0 Å². The van der Waals surface area contributed by atoms with Crippen LogP contribution in [0.2, 0.25) is 0 Å². The molecule has 2 heterocycles. The Labute approximate surface area is 179 Å². The van der Waals surface area contributed by atoms with Gasteiger partial charge in [0.05, 0.1) is 5.52 Å². The summed E-state index contributed by atoms with van der Waals surface area (Å²) in [5.74, 6) is -0.570. The molecule has 0 aliphatic carbocycles. The first-order chi connectivity index (χ1) is 15.1. The topological polar surface area (TPSA) is 57.4 Å². The summed E-state index contributed by atoms with van der Waals surface area (Å²) in [7, 11) is 0. The molecule has 32 heavy (non-hydrogen) atoms. The van der Waals surface area contributed by atoms with Crippen LogP contribution in [0.15, 0.2) is 59.4 Å². The van der Waals surface area contributed by atoms with Crippen LogP contribution in [0.1, 0.15) is 12.8 Å². The molecule has 0 atom stereocenters. The maximum absolute atomic E-state index is 13.1. The number of anilines is 2. The van der Waals surface area contributed by atoms with Crippen LogP contribution in [-0.2, 0) is 0 Å². The first kappa shape index (κ1) is 21.9. The number of halogens is 5. The van der Waals surface area contributed by atoms with E-state index in [4.69, 9.17) is 0 Å². The van der Waals surface area contributed by atoms with Crippen molar-refractivity contribution in [3.8, 4) is 5.75 Å². The SMILES string of the molecule is O=c1ccc2ccc(N3CCC(Nc4cccc(OC(F)(F)C(F)(F)F)c4)CC3)cc2[nH]1. The molecular weight excluding hydrogens is 433 g/mol. The van der Waals surface area contributed by atoms with Crippen molar-refractivity contribution in [1.82, 2.24) is 4.98 Å². The fourth-order valence-electron chi connectivity index (χ4n) is 3.71. The second-order valence-electron chi connectivity index (χ2n) is 7.64. The predicted molar refractivity (Wildman–Crippen MR) is 111 cm³/mol. The summed E-state index contributed by atoms with van der Waals surface area (Å²) in [5.41, 5.74) is 1.96. The Morgan fingerprint density at radius 2 is 1.69 bits per heavy atom. The molecule has 0 bridgehead atoms. The van der Waals surface area contributed by atoms with E-state index in [1.807, 2.05) is 18.2 Å². The van der Waals surface area contributed by atoms with Crippen LogP contribution in [-0.4, -0.2) is 36.4 Å². The quantitative estimate of drug-likeness (QED) is 0.525. The van der Waals surface area contributed by atoms with Gasteiger partial charge in [0.15, 0.2) is 0 Å². The zero-order valence-corrected chi connectivity index (χ0v) is 16.8. The summed E-state index contributed by atoms with van der Waals surface area (Å²) >= 11 is 0. The van der Waals surface area contributed by atoms with E-state index in [0.29, 0.717) is 18.8 Å². The Hall–Kier alpha value is -3.30. The molecule has 1 aliphatic heterocycles. The Morgan fingerprint density at radius 3 is 2.41 bits per heavy atom. The van der Waals surface area contributed by atoms with Crippen LogP contribution < -0.4 is 20.5 Å². The third-order valence-corrected chi connectivity index (χ3v) is 5.35. The van der Waals surface area contributed by atoms with E-state index in [9.17, 15) is 26.7 Å². The highest BCUT2D eigenvalue weighted by atomic mass is 19.4. The molecule has 170 valence electrons. The van der Waals surface area contributed by atoms with Gasteiger partial charge in [-0.1, -0.05) is 12.1 Å². The van der Waals surface area contributed by atoms with E-state index in [1.165, 1.54) is 12.1 Å². The Morgan fingerprint density at radius 1 is 0.969 bits per heavy atom. The molecule has 3 aromatic rings. The fourth-order valence-corrected chi connectivity index (χ4v) is 3.71. The van der Waals surface area contributed by atoms with Gasteiger partial charge in [-0.15, -0.1) is 0 Å². The average molecular weight is 453 g/mol. The third-order valence-electron chi connectivity index (χ3n) is 5.35. The minimum absolute atomic E-state index is 0.0184. The number of hydrogen-bond donors (Lipinski definition) is 2. The lowest BCUT2D eigenvalue weighted by Gasteiger charge is -2.34. The van der Waals surface area contributed by atoms with Gasteiger partial charge < -0.3 is 19.9 Å². The van der Waals surface area contributed by atoms with Gasteiger partial charge in [0, 0.05) is 42.6 Å². The van der Waals surface area contributed by atoms with Gasteiger partial charge in [-0.25, -0.2) is 0 Å². The molecule has 2 N–H and O–H groups in total. The van der Waals surface area contributed by atoms with E-state index >= 15 is 0 Å². The lowest BCUT2D eigenvalue weighted by molar-refractivity contribution is -0.360. The number of nitrogens with one attached hydrogen (secondary N) is 2. The highest BCUT2D eigenvalue weighted by Crippen LogP contribution is 2.37. The maximum Gasteiger partial charge on any atom is 0.499 e. The summed E-state index contributed by atoms with van der Waals surface area (Å²) < 4.78 is 67.2. The van der Waals surface area contributed by atoms with Crippen LogP contribution in [0.4, 0.5) is 33.3 Å². The highest BCUT2D eigenvalue weighted by molar-refractivity contribution is 5.82. The minimum atomic E-state index is -5.79. The second-order valence-corrected chi connectivity index (χ2v) is 7.64. The molecule has 10 heteroatoms. The third kappa shape index (κ3) is 4.79. The standard InChI is InChI=1S/C22H20F5N3O2/c23-21(24,25)22(26,27)32-18-3-1-2-16(12-18)28-15-8-10-30(11-9-15)17-6-4-14-5-7-20(31)29-19(14)13-17/h1-7,12-13,15,28H,8-11H2,(H,29,31). The number of aromatic nitrogens is 1. The largest absolute Gasteiger partial charge is 0.499 e. The normalized spacial score (nSPS) is 15.7. The Kier molecular flexibility index (Phi) is 5.70. The molecule has 0 spiro atoms. The smallest absolute Gasteiger partial charge is 0.426 e. The van der Waals surface area contributed by atoms with Crippen LogP contribution in [0.5, 0.6) is 5.75 Å². The van der Waals surface area contributed by atoms with Crippen molar-refractivity contribution < 1.29 is 26.7 Å². The van der Waals surface area contributed by atoms with Crippen molar-refractivity contribution >= 4 is 22.3 Å². The van der Waals surface area contributed by atoms with Crippen molar-refractivity contribution in [3.05, 3.63) is 65.0 Å². The molecular formula is C22H20F5N3O2. The van der Waals surface area contributed by atoms with E-state index in [-0.39, 0.29) is 11.6 Å². The van der Waals surface area contributed by atoms with Crippen molar-refractivity contribution in [1.29, 1.82) is 0 Å². The number of pyridine rings is 1. The number of benzene rings is 2. The van der Waals surface area contributed by atoms with Crippen LogP contribution in [0, 0.1) is 0 Å². The molecule has 1 aromatic heterocycles. The summed E-state index contributed by atoms with van der Waals surface area (Å²) in [5, 5.41) is 4.11. The van der Waals surface area contributed by atoms with Crippen molar-refractivity contribution in [2.75, 3.05) is 23.3 Å². The second kappa shape index (κ2) is 8.33. The number of H-pyrrole nitrogens is 1. The van der Waals surface area contributed by atoms with Crippen LogP contribution in [0.3, 0.4) is 0 Å². The molecule has 1 aliphatic rings. The van der Waals surface area contributed by atoms with Gasteiger partial charge in [0.2, 0.25) is 5.56 Å². The van der Waals surface area contributed by atoms with E-state index < -0.39 is 18.0 Å². The molecule has 0 saturated carbocycles. The number of hydrogen-bond acceptors (Lipinski definition) is 4. The maximum atomic E-state index is 13.1. The molecule has 4 rings (SSSR count). The molecule has 0 unspecified atom stereocenters. The Balaban J connectivity index is 1.38. The number of ether oxygens (including phenoxy) is 1. The number of nitrogens with zero attached hydrogens (tertiary/aromatic N) is 1. The molecule has 0 radical (unpaired) electrons. The van der Waals surface area contributed by atoms with Gasteiger partial charge in [-0.05, 0) is 48.6 Å². The first-order valence-corrected chi connectivity index (χ1v) is 9.99. The van der Waals surface area contributed by atoms with Gasteiger partial charge in [-0.3, -0.25) is 4.79 Å². The number of rotatable bonds is 5. The highest BCUT2D eigenvalue weighted by Gasteiger charge is 2.61. The lowest BCUT2D eigenvalue weighted by atomic mass is 10.0. The van der Waals surface area contributed by atoms with Gasteiger partial charge in [0.1, 0.15) is 5.75 Å². The number of piperidine rings is 1. The average Bonchev–Trinajstić information content (AvgIpc) is 2.73. The number of aromatic amines is 1. The van der Waals surface area contributed by atoms with Gasteiger partial charge >= 0.3 is 12.3 Å². The van der Waals surface area contributed by atoms with Crippen LogP contribution in [0.25, 0.3) is 10.9 Å². The zero-order valence-electron chi connectivity index (χ0n) is 16.8. The predicted octanol–water partition coefficient (Wildman–Crippen LogP) is 5.14. The van der Waals surface area contributed by atoms with E-state index in [1.54, 1.807) is 12.1 Å². The summed E-state index contributed by atoms with van der Waals surface area (Å²) in [6.07, 6.45) is -9.60.